The molecule has 29 heavy (non-hydrogen) atoms. The highest BCUT2D eigenvalue weighted by atomic mass is 35.5. The normalized spacial score (nSPS) is 11.5. The van der Waals surface area contributed by atoms with Crippen LogP contribution in [0.5, 0.6) is 0 Å². The van der Waals surface area contributed by atoms with Crippen molar-refractivity contribution in [1.29, 1.82) is 0 Å². The summed E-state index contributed by atoms with van der Waals surface area (Å²) in [4.78, 5) is 19.8. The lowest BCUT2D eigenvalue weighted by Gasteiger charge is -2.26. The minimum Gasteiger partial charge on any atom is -0.456 e. The largest absolute Gasteiger partial charge is 0.456 e. The number of carbonyl (C=O) groups excluding carboxylic acids is 1. The van der Waals surface area contributed by atoms with Gasteiger partial charge in [-0.15, -0.1) is 0 Å². The van der Waals surface area contributed by atoms with Crippen molar-refractivity contribution in [2.24, 2.45) is 0 Å². The van der Waals surface area contributed by atoms with Crippen molar-refractivity contribution >= 4 is 34.3 Å². The molecular formula is C23H25ClN2O3. The summed E-state index contributed by atoms with van der Waals surface area (Å²) in [6.07, 6.45) is 0. The van der Waals surface area contributed by atoms with Crippen molar-refractivity contribution in [3.05, 3.63) is 59.1 Å². The second kappa shape index (κ2) is 8.39. The molecule has 152 valence electrons. The second-order valence-electron chi connectivity index (χ2n) is 7.86. The Morgan fingerprint density at radius 2 is 1.86 bits per heavy atom. The van der Waals surface area contributed by atoms with E-state index in [4.69, 9.17) is 21.3 Å². The number of nitrogens with zero attached hydrogens (tertiary/aromatic N) is 2. The molecule has 3 rings (SSSR count). The van der Waals surface area contributed by atoms with E-state index in [1.54, 1.807) is 18.0 Å². The average Bonchev–Trinajstić information content (AvgIpc) is 2.66. The van der Waals surface area contributed by atoms with E-state index in [2.05, 4.69) is 0 Å². The molecule has 2 aromatic carbocycles. The van der Waals surface area contributed by atoms with Crippen LogP contribution in [0, 0.1) is 0 Å². The molecule has 0 radical (unpaired) electrons. The molecule has 0 atom stereocenters. The number of aromatic nitrogens is 1. The van der Waals surface area contributed by atoms with E-state index in [0.29, 0.717) is 34.0 Å². The number of halogens is 1. The lowest BCUT2D eigenvalue weighted by atomic mass is 9.95. The summed E-state index contributed by atoms with van der Waals surface area (Å²) in [6, 6.07) is 15.1. The van der Waals surface area contributed by atoms with Crippen molar-refractivity contribution in [3.8, 4) is 11.1 Å². The first kappa shape index (κ1) is 21.1. The van der Waals surface area contributed by atoms with Crippen molar-refractivity contribution in [3.63, 3.8) is 0 Å². The zero-order valence-electron chi connectivity index (χ0n) is 17.1. The Labute approximate surface area is 175 Å². The van der Waals surface area contributed by atoms with Gasteiger partial charge in [-0.3, -0.25) is 0 Å². The molecule has 0 amide bonds. The van der Waals surface area contributed by atoms with Crippen LogP contribution in [0.4, 0.5) is 5.82 Å². The number of benzene rings is 2. The van der Waals surface area contributed by atoms with Crippen molar-refractivity contribution in [2.45, 2.75) is 26.4 Å². The van der Waals surface area contributed by atoms with Gasteiger partial charge in [-0.2, -0.15) is 0 Å². The van der Waals surface area contributed by atoms with Gasteiger partial charge >= 0.3 is 5.97 Å². The van der Waals surface area contributed by atoms with Gasteiger partial charge in [-0.05, 0) is 44.5 Å². The number of anilines is 1. The summed E-state index contributed by atoms with van der Waals surface area (Å²) < 4.78 is 5.73. The fourth-order valence-corrected chi connectivity index (χ4v) is 3.35. The van der Waals surface area contributed by atoms with Gasteiger partial charge in [0.15, 0.2) is 0 Å². The fraction of sp³-hybridized carbons (Fsp3) is 0.304. The molecule has 0 bridgehead atoms. The highest BCUT2D eigenvalue weighted by Gasteiger charge is 2.28. The van der Waals surface area contributed by atoms with E-state index in [0.717, 1.165) is 10.9 Å². The molecule has 0 aliphatic rings. The van der Waals surface area contributed by atoms with Crippen LogP contribution in [0.2, 0.25) is 5.02 Å². The molecule has 1 aromatic heterocycles. The highest BCUT2D eigenvalue weighted by molar-refractivity contribution is 6.31. The van der Waals surface area contributed by atoms with E-state index in [-0.39, 0.29) is 6.61 Å². The second-order valence-corrected chi connectivity index (χ2v) is 8.30. The predicted octanol–water partition coefficient (Wildman–Crippen LogP) is 4.94. The zero-order chi connectivity index (χ0) is 21.2. The van der Waals surface area contributed by atoms with Gasteiger partial charge in [0.2, 0.25) is 0 Å². The van der Waals surface area contributed by atoms with Gasteiger partial charge in [0.25, 0.3) is 0 Å². The number of fused-ring (bicyclic) bond motifs is 1. The number of aliphatic hydroxyl groups is 1. The topological polar surface area (TPSA) is 62.7 Å². The van der Waals surface area contributed by atoms with Crippen LogP contribution in [0.25, 0.3) is 22.0 Å². The van der Waals surface area contributed by atoms with Crippen LogP contribution < -0.4 is 4.90 Å². The van der Waals surface area contributed by atoms with Crippen molar-refractivity contribution < 1.29 is 14.6 Å². The number of pyridine rings is 1. The van der Waals surface area contributed by atoms with Crippen LogP contribution in [0.15, 0.2) is 48.5 Å². The van der Waals surface area contributed by atoms with Crippen LogP contribution in [-0.4, -0.2) is 41.9 Å². The van der Waals surface area contributed by atoms with E-state index >= 15 is 0 Å². The Hall–Kier alpha value is -2.63. The van der Waals surface area contributed by atoms with Gasteiger partial charge in [0.05, 0.1) is 12.1 Å². The van der Waals surface area contributed by atoms with Gasteiger partial charge < -0.3 is 14.7 Å². The van der Waals surface area contributed by atoms with E-state index in [9.17, 15) is 9.90 Å². The Kier molecular flexibility index (Phi) is 6.10. The maximum Gasteiger partial charge on any atom is 0.343 e. The molecule has 0 spiro atoms. The standard InChI is InChI=1S/C23H25ClN2O3/c1-23(2,3)29-22(28)20-19(15-8-6-5-7-9-15)17-14-16(24)10-11-18(17)25-21(20)26(4)12-13-27/h5-11,14,27H,12-13H2,1-4H3. The molecule has 0 saturated carbocycles. The third-order valence-electron chi connectivity index (χ3n) is 4.39. The number of hydrogen-bond donors (Lipinski definition) is 1. The van der Waals surface area contributed by atoms with Crippen LogP contribution in [0.1, 0.15) is 31.1 Å². The molecule has 0 unspecified atom stereocenters. The van der Waals surface area contributed by atoms with E-state index in [1.165, 1.54) is 0 Å². The SMILES string of the molecule is CN(CCO)c1nc2ccc(Cl)cc2c(-c2ccccc2)c1C(=O)OC(C)(C)C. The molecule has 3 aromatic rings. The fourth-order valence-electron chi connectivity index (χ4n) is 3.18. The van der Waals surface area contributed by atoms with Gasteiger partial charge in [0.1, 0.15) is 17.0 Å². The Balaban J connectivity index is 2.41. The van der Waals surface area contributed by atoms with Crippen molar-refractivity contribution in [2.75, 3.05) is 25.1 Å². The third kappa shape index (κ3) is 4.69. The predicted molar refractivity (Wildman–Crippen MR) is 118 cm³/mol. The molecule has 6 heteroatoms. The number of esters is 1. The number of ether oxygens (including phenoxy) is 1. The lowest BCUT2D eigenvalue weighted by Crippen LogP contribution is -2.29. The first-order chi connectivity index (χ1) is 13.7. The average molecular weight is 413 g/mol. The number of likely N-dealkylation sites (N-methyl/N-ethyl adjacent to an activating group) is 1. The van der Waals surface area contributed by atoms with Gasteiger partial charge in [-0.25, -0.2) is 9.78 Å². The number of carbonyl (C=O) groups is 1. The Morgan fingerprint density at radius 1 is 1.17 bits per heavy atom. The minimum absolute atomic E-state index is 0.0642. The Morgan fingerprint density at radius 3 is 2.48 bits per heavy atom. The monoisotopic (exact) mass is 412 g/mol. The lowest BCUT2D eigenvalue weighted by molar-refractivity contribution is 0.00709. The maximum atomic E-state index is 13.3. The Bertz CT molecular complexity index is 1030. The van der Waals surface area contributed by atoms with E-state index in [1.807, 2.05) is 63.2 Å². The van der Waals surface area contributed by atoms with Gasteiger partial charge in [-0.1, -0.05) is 41.9 Å². The summed E-state index contributed by atoms with van der Waals surface area (Å²) in [7, 11) is 1.79. The maximum absolute atomic E-state index is 13.3. The van der Waals surface area contributed by atoms with Crippen LogP contribution >= 0.6 is 11.6 Å². The van der Waals surface area contributed by atoms with Crippen LogP contribution in [0.3, 0.4) is 0 Å². The summed E-state index contributed by atoms with van der Waals surface area (Å²) in [5.41, 5.74) is 1.98. The van der Waals surface area contributed by atoms with Crippen molar-refractivity contribution in [1.82, 2.24) is 4.98 Å². The summed E-state index contributed by atoms with van der Waals surface area (Å²) >= 11 is 6.28. The third-order valence-corrected chi connectivity index (χ3v) is 4.63. The number of rotatable bonds is 5. The molecule has 5 nitrogen and oxygen atoms in total. The quantitative estimate of drug-likeness (QED) is 0.601. The molecule has 0 aliphatic carbocycles. The summed E-state index contributed by atoms with van der Waals surface area (Å²) in [6.45, 7) is 5.75. The first-order valence-corrected chi connectivity index (χ1v) is 9.83. The van der Waals surface area contributed by atoms with Crippen LogP contribution in [-0.2, 0) is 4.74 Å². The molecule has 1 heterocycles. The highest BCUT2D eigenvalue weighted by Crippen LogP contribution is 2.38. The molecule has 1 N–H and O–H groups in total. The molecule has 0 aliphatic heterocycles. The molecule has 0 saturated heterocycles. The number of aliphatic hydroxyl groups excluding tert-OH is 1. The zero-order valence-corrected chi connectivity index (χ0v) is 17.8. The summed E-state index contributed by atoms with van der Waals surface area (Å²) in [5, 5.41) is 10.8. The molecule has 0 fully saturated rings. The first-order valence-electron chi connectivity index (χ1n) is 9.45. The van der Waals surface area contributed by atoms with Gasteiger partial charge in [0, 0.05) is 29.6 Å². The molecular weight excluding hydrogens is 388 g/mol. The van der Waals surface area contributed by atoms with E-state index < -0.39 is 11.6 Å². The number of hydrogen-bond acceptors (Lipinski definition) is 5. The summed E-state index contributed by atoms with van der Waals surface area (Å²) in [5.74, 6) is -0.00695. The smallest absolute Gasteiger partial charge is 0.343 e. The minimum atomic E-state index is -0.666.